The summed E-state index contributed by atoms with van der Waals surface area (Å²) < 4.78 is 13.2. The molecule has 0 bridgehead atoms. The van der Waals surface area contributed by atoms with Gasteiger partial charge in [-0.1, -0.05) is 30.4 Å². The van der Waals surface area contributed by atoms with Gasteiger partial charge in [-0.25, -0.2) is 4.39 Å². The number of rotatable bonds is 4. The fraction of sp³-hybridized carbons (Fsp3) is 0.276. The van der Waals surface area contributed by atoms with E-state index in [4.69, 9.17) is 5.73 Å². The summed E-state index contributed by atoms with van der Waals surface area (Å²) >= 11 is 0. The molecule has 0 spiro atoms. The Balaban J connectivity index is 1.74. The summed E-state index contributed by atoms with van der Waals surface area (Å²) in [6.07, 6.45) is -1.36. The third-order valence-corrected chi connectivity index (χ3v) is 8.08. The van der Waals surface area contributed by atoms with Crippen LogP contribution in [0.1, 0.15) is 34.5 Å². The van der Waals surface area contributed by atoms with Crippen LogP contribution in [0, 0.1) is 17.7 Å². The average molecular weight is 567 g/mol. The number of aliphatic hydroxyl groups is 3. The van der Waals surface area contributed by atoms with Crippen LogP contribution in [0.25, 0.3) is 22.9 Å². The summed E-state index contributed by atoms with van der Waals surface area (Å²) in [5, 5.41) is 67.7. The zero-order chi connectivity index (χ0) is 30.1. The lowest BCUT2D eigenvalue weighted by Crippen LogP contribution is -2.71. The number of nitrogens with zero attached hydrogens (tertiary/aromatic N) is 1. The van der Waals surface area contributed by atoms with E-state index >= 15 is 0 Å². The summed E-state index contributed by atoms with van der Waals surface area (Å²) in [7, 11) is 2.78. The molecule has 5 rings (SSSR count). The SMILES string of the molecule is CN(C)[C@@H]1C(=O)C(C(N)=O)C(=O)[C@@]2(O)C(O)c3c(c(O)c4ccc(C=Cc5ccc(F)cc5)c(O)c4c3O)[C@H](O)[C@@H]12. The van der Waals surface area contributed by atoms with Gasteiger partial charge in [-0.05, 0) is 37.9 Å². The molecule has 2 aliphatic rings. The van der Waals surface area contributed by atoms with Gasteiger partial charge in [0, 0.05) is 22.1 Å². The number of hydrogen-bond acceptors (Lipinski definition) is 10. The number of aromatic hydroxyl groups is 3. The van der Waals surface area contributed by atoms with Gasteiger partial charge >= 0.3 is 0 Å². The first kappa shape index (κ1) is 28.2. The van der Waals surface area contributed by atoms with Crippen LogP contribution in [-0.4, -0.2) is 78.8 Å². The van der Waals surface area contributed by atoms with Gasteiger partial charge in [0.1, 0.15) is 29.2 Å². The largest absolute Gasteiger partial charge is 0.507 e. The van der Waals surface area contributed by atoms with Crippen LogP contribution < -0.4 is 5.73 Å². The topological polar surface area (TPSA) is 202 Å². The van der Waals surface area contributed by atoms with E-state index in [1.54, 1.807) is 6.08 Å². The zero-order valence-corrected chi connectivity index (χ0v) is 21.8. The molecular formula is C29H27FN2O9. The zero-order valence-electron chi connectivity index (χ0n) is 21.8. The Bertz CT molecular complexity index is 1650. The van der Waals surface area contributed by atoms with E-state index in [9.17, 15) is 49.4 Å². The molecule has 41 heavy (non-hydrogen) atoms. The van der Waals surface area contributed by atoms with Gasteiger partial charge in [0.2, 0.25) is 5.91 Å². The summed E-state index contributed by atoms with van der Waals surface area (Å²) in [6.45, 7) is 0. The summed E-state index contributed by atoms with van der Waals surface area (Å²) in [5.74, 6) is -10.3. The molecule has 0 saturated heterocycles. The number of carbonyl (C=O) groups is 3. The van der Waals surface area contributed by atoms with Gasteiger partial charge in [0.15, 0.2) is 23.1 Å². The number of primary amides is 1. The highest BCUT2D eigenvalue weighted by Gasteiger charge is 2.68. The average Bonchev–Trinajstić information content (AvgIpc) is 2.90. The fourth-order valence-electron chi connectivity index (χ4n) is 6.14. The number of nitrogens with two attached hydrogens (primary N) is 1. The molecule has 214 valence electrons. The van der Waals surface area contributed by atoms with Gasteiger partial charge in [-0.3, -0.25) is 19.3 Å². The van der Waals surface area contributed by atoms with E-state index in [1.807, 2.05) is 0 Å². The van der Waals surface area contributed by atoms with Crippen LogP contribution in [0.15, 0.2) is 36.4 Å². The second-order valence-corrected chi connectivity index (χ2v) is 10.5. The predicted octanol–water partition coefficient (Wildman–Crippen LogP) is 0.877. The minimum atomic E-state index is -3.00. The van der Waals surface area contributed by atoms with Gasteiger partial charge in [-0.15, -0.1) is 0 Å². The lowest BCUT2D eigenvalue weighted by Gasteiger charge is -2.53. The Morgan fingerprint density at radius 1 is 0.951 bits per heavy atom. The van der Waals surface area contributed by atoms with E-state index in [1.165, 1.54) is 61.5 Å². The lowest BCUT2D eigenvalue weighted by molar-refractivity contribution is -0.202. The second-order valence-electron chi connectivity index (χ2n) is 10.5. The molecule has 1 amide bonds. The summed E-state index contributed by atoms with van der Waals surface area (Å²) in [4.78, 5) is 39.9. The number of amides is 1. The van der Waals surface area contributed by atoms with Crippen molar-refractivity contribution >= 4 is 40.4 Å². The minimum Gasteiger partial charge on any atom is -0.507 e. The number of halogens is 1. The quantitative estimate of drug-likeness (QED) is 0.135. The number of hydrogen-bond donors (Lipinski definition) is 7. The third kappa shape index (κ3) is 3.90. The standard InChI is InChI=1S/C29H27FN2O9/c1-32(2)20-19-24(36)16-17(26(38)29(19,41)27(39)18(25(20)37)28(31)40)23(35)15-14(22(16)34)10-7-12(21(15)33)6-3-11-4-8-13(30)9-5-11/h3-10,18-20,24,26,33-36,38,41H,1-2H3,(H2,31,40)/t18?,19-,20+,24+,26?,29+/m1/s1. The van der Waals surface area contributed by atoms with Crippen LogP contribution in [-0.2, 0) is 14.4 Å². The molecule has 3 aromatic carbocycles. The van der Waals surface area contributed by atoms with Crippen LogP contribution in [0.5, 0.6) is 17.2 Å². The number of likely N-dealkylation sites (N-methyl/N-ethyl adjacent to an activating group) is 1. The number of phenols is 3. The molecule has 3 aromatic rings. The molecule has 8 N–H and O–H groups in total. The Labute approximate surface area is 232 Å². The van der Waals surface area contributed by atoms with Crippen LogP contribution in [0.2, 0.25) is 0 Å². The van der Waals surface area contributed by atoms with Crippen LogP contribution >= 0.6 is 0 Å². The molecule has 2 aliphatic carbocycles. The Morgan fingerprint density at radius 3 is 2.17 bits per heavy atom. The normalized spacial score (nSPS) is 27.8. The van der Waals surface area contributed by atoms with Crippen molar-refractivity contribution in [2.45, 2.75) is 23.9 Å². The van der Waals surface area contributed by atoms with Gasteiger partial charge < -0.3 is 36.4 Å². The maximum absolute atomic E-state index is 13.4. The molecule has 2 unspecified atom stereocenters. The Hall–Kier alpha value is -4.36. The molecule has 11 nitrogen and oxygen atoms in total. The molecule has 1 fully saturated rings. The van der Waals surface area contributed by atoms with E-state index in [-0.39, 0.29) is 16.3 Å². The van der Waals surface area contributed by atoms with Crippen molar-refractivity contribution in [1.82, 2.24) is 4.90 Å². The van der Waals surface area contributed by atoms with E-state index in [2.05, 4.69) is 0 Å². The van der Waals surface area contributed by atoms with Crippen LogP contribution in [0.3, 0.4) is 0 Å². The third-order valence-electron chi connectivity index (χ3n) is 8.08. The number of benzene rings is 3. The Morgan fingerprint density at radius 2 is 1.59 bits per heavy atom. The van der Waals surface area contributed by atoms with Crippen molar-refractivity contribution in [3.63, 3.8) is 0 Å². The first-order chi connectivity index (χ1) is 19.2. The second kappa shape index (κ2) is 9.63. The molecule has 0 aromatic heterocycles. The van der Waals surface area contributed by atoms with Crippen molar-refractivity contribution in [2.75, 3.05) is 14.1 Å². The molecule has 12 heteroatoms. The van der Waals surface area contributed by atoms with E-state index in [0.717, 1.165) is 0 Å². The van der Waals surface area contributed by atoms with Gasteiger partial charge in [0.05, 0.1) is 23.4 Å². The number of phenolic OH excluding ortho intramolecular Hbond substituents is 3. The van der Waals surface area contributed by atoms with Crippen molar-refractivity contribution in [2.24, 2.45) is 17.6 Å². The highest BCUT2D eigenvalue weighted by Crippen LogP contribution is 2.59. The lowest BCUT2D eigenvalue weighted by atomic mass is 9.56. The number of carbonyl (C=O) groups excluding carboxylic acids is 3. The first-order valence-electron chi connectivity index (χ1n) is 12.5. The monoisotopic (exact) mass is 566 g/mol. The van der Waals surface area contributed by atoms with Crippen molar-refractivity contribution in [1.29, 1.82) is 0 Å². The van der Waals surface area contributed by atoms with Crippen LogP contribution in [0.4, 0.5) is 4.39 Å². The van der Waals surface area contributed by atoms with Crippen molar-refractivity contribution in [3.05, 3.63) is 64.5 Å². The molecular weight excluding hydrogens is 539 g/mol. The first-order valence-corrected chi connectivity index (χ1v) is 12.5. The number of ketones is 2. The highest BCUT2D eigenvalue weighted by molar-refractivity contribution is 6.24. The van der Waals surface area contributed by atoms with E-state index in [0.29, 0.717) is 5.56 Å². The number of aliphatic hydroxyl groups excluding tert-OH is 2. The maximum Gasteiger partial charge on any atom is 0.235 e. The summed E-state index contributed by atoms with van der Waals surface area (Å²) in [6, 6.07) is 6.69. The molecule has 0 heterocycles. The maximum atomic E-state index is 13.4. The predicted molar refractivity (Wildman–Crippen MR) is 143 cm³/mol. The number of fused-ring (bicyclic) bond motifs is 3. The summed E-state index contributed by atoms with van der Waals surface area (Å²) in [5.41, 5.74) is 1.90. The van der Waals surface area contributed by atoms with Gasteiger partial charge in [-0.2, -0.15) is 0 Å². The van der Waals surface area contributed by atoms with Crippen molar-refractivity contribution in [3.8, 4) is 17.2 Å². The smallest absolute Gasteiger partial charge is 0.235 e. The van der Waals surface area contributed by atoms with E-state index < -0.39 is 87.4 Å². The minimum absolute atomic E-state index is 0.139. The Kier molecular flexibility index (Phi) is 6.62. The highest BCUT2D eigenvalue weighted by atomic mass is 19.1. The number of Topliss-reactive ketones (excluding diaryl/α,β-unsaturated/α-hetero) is 2. The molecule has 0 aliphatic heterocycles. The van der Waals surface area contributed by atoms with Gasteiger partial charge in [0.25, 0.3) is 0 Å². The molecule has 0 radical (unpaired) electrons. The fourth-order valence-corrected chi connectivity index (χ4v) is 6.14. The molecule has 6 atom stereocenters. The molecule has 1 saturated carbocycles. The van der Waals surface area contributed by atoms with Crippen molar-refractivity contribution < 1.29 is 49.4 Å².